The van der Waals surface area contributed by atoms with Crippen molar-refractivity contribution >= 4 is 27.5 Å². The minimum atomic E-state index is -0.832. The fourth-order valence-corrected chi connectivity index (χ4v) is 1.91. The smallest absolute Gasteiger partial charge is 0.230 e. The number of hydrogen-bond donors (Lipinski definition) is 1. The zero-order chi connectivity index (χ0) is 13.8. The average molecular weight is 327 g/mol. The lowest BCUT2D eigenvalue weighted by atomic mass is 10.2. The lowest BCUT2D eigenvalue weighted by Crippen LogP contribution is -2.17. The quantitative estimate of drug-likeness (QED) is 0.940. The van der Waals surface area contributed by atoms with E-state index in [2.05, 4.69) is 26.2 Å². The van der Waals surface area contributed by atoms with Crippen LogP contribution in [0.4, 0.5) is 14.5 Å². The average Bonchev–Trinajstić information content (AvgIpc) is 2.35. The maximum Gasteiger partial charge on any atom is 0.230 e. The third-order valence-electron chi connectivity index (χ3n) is 2.34. The fraction of sp³-hybridized carbons (Fsp3) is 0.0769. The lowest BCUT2D eigenvalue weighted by molar-refractivity contribution is -0.115. The van der Waals surface area contributed by atoms with Gasteiger partial charge in [0.1, 0.15) is 5.69 Å². The van der Waals surface area contributed by atoms with Gasteiger partial charge in [0.2, 0.25) is 5.91 Å². The number of amides is 1. The monoisotopic (exact) mass is 326 g/mol. The van der Waals surface area contributed by atoms with Crippen LogP contribution in [0, 0.1) is 11.6 Å². The Morgan fingerprint density at radius 1 is 1.26 bits per heavy atom. The molecule has 0 saturated carbocycles. The zero-order valence-corrected chi connectivity index (χ0v) is 11.2. The number of pyridine rings is 1. The van der Waals surface area contributed by atoms with E-state index >= 15 is 0 Å². The molecule has 3 nitrogen and oxygen atoms in total. The summed E-state index contributed by atoms with van der Waals surface area (Å²) in [6.07, 6.45) is 1.50. The van der Waals surface area contributed by atoms with Crippen molar-refractivity contribution in [1.29, 1.82) is 0 Å². The molecule has 0 fully saturated rings. The highest BCUT2D eigenvalue weighted by Crippen LogP contribution is 2.23. The van der Waals surface area contributed by atoms with Crippen molar-refractivity contribution in [3.05, 3.63) is 58.3 Å². The van der Waals surface area contributed by atoms with E-state index in [1.807, 2.05) is 0 Å². The summed E-state index contributed by atoms with van der Waals surface area (Å²) in [6.45, 7) is 0. The number of rotatable bonds is 3. The molecule has 0 unspecified atom stereocenters. The van der Waals surface area contributed by atoms with Crippen LogP contribution < -0.4 is 5.32 Å². The summed E-state index contributed by atoms with van der Waals surface area (Å²) in [5.41, 5.74) is 0.0714. The molecule has 0 aliphatic rings. The number of benzene rings is 1. The van der Waals surface area contributed by atoms with Crippen LogP contribution in [0.3, 0.4) is 0 Å². The Balaban J connectivity index is 2.12. The third-order valence-corrected chi connectivity index (χ3v) is 2.80. The van der Waals surface area contributed by atoms with Gasteiger partial charge >= 0.3 is 0 Å². The van der Waals surface area contributed by atoms with Gasteiger partial charge in [-0.1, -0.05) is 22.0 Å². The summed E-state index contributed by atoms with van der Waals surface area (Å²) in [5.74, 6) is -2.19. The zero-order valence-electron chi connectivity index (χ0n) is 9.66. The van der Waals surface area contributed by atoms with E-state index in [-0.39, 0.29) is 10.9 Å². The van der Waals surface area contributed by atoms with E-state index in [9.17, 15) is 13.6 Å². The van der Waals surface area contributed by atoms with Crippen LogP contribution in [0.2, 0.25) is 0 Å². The van der Waals surface area contributed by atoms with Gasteiger partial charge in [-0.2, -0.15) is 0 Å². The number of aromatic nitrogens is 1. The second-order valence-electron chi connectivity index (χ2n) is 3.79. The minimum absolute atomic E-state index is 0.0458. The van der Waals surface area contributed by atoms with E-state index in [0.29, 0.717) is 5.69 Å². The van der Waals surface area contributed by atoms with E-state index in [1.165, 1.54) is 0 Å². The minimum Gasteiger partial charge on any atom is -0.321 e. The van der Waals surface area contributed by atoms with Gasteiger partial charge in [0.25, 0.3) is 0 Å². The topological polar surface area (TPSA) is 42.0 Å². The van der Waals surface area contributed by atoms with Crippen LogP contribution in [-0.2, 0) is 11.2 Å². The van der Waals surface area contributed by atoms with Crippen molar-refractivity contribution in [3.8, 4) is 0 Å². The Morgan fingerprint density at radius 3 is 2.53 bits per heavy atom. The Morgan fingerprint density at radius 2 is 1.95 bits per heavy atom. The van der Waals surface area contributed by atoms with Crippen LogP contribution >= 0.6 is 15.9 Å². The largest absolute Gasteiger partial charge is 0.321 e. The molecule has 0 atom stereocenters. The summed E-state index contributed by atoms with van der Waals surface area (Å²) in [5, 5.41) is 2.20. The molecule has 0 spiro atoms. The second-order valence-corrected chi connectivity index (χ2v) is 4.71. The highest BCUT2D eigenvalue weighted by Gasteiger charge is 2.14. The molecule has 0 aliphatic heterocycles. The van der Waals surface area contributed by atoms with Crippen LogP contribution in [0.1, 0.15) is 5.69 Å². The molecule has 1 amide bonds. The normalized spacial score (nSPS) is 10.3. The Hall–Kier alpha value is -1.82. The van der Waals surface area contributed by atoms with Crippen molar-refractivity contribution in [1.82, 2.24) is 4.98 Å². The van der Waals surface area contributed by atoms with E-state index < -0.39 is 23.2 Å². The number of carbonyl (C=O) groups is 1. The van der Waals surface area contributed by atoms with Gasteiger partial charge in [-0.3, -0.25) is 9.78 Å². The molecule has 6 heteroatoms. The second kappa shape index (κ2) is 5.88. The van der Waals surface area contributed by atoms with Crippen LogP contribution in [0.25, 0.3) is 0 Å². The molecule has 0 saturated heterocycles. The van der Waals surface area contributed by atoms with E-state index in [4.69, 9.17) is 0 Å². The summed E-state index contributed by atoms with van der Waals surface area (Å²) in [4.78, 5) is 15.6. The standard InChI is InChI=1S/C13H9BrF2N2O/c14-8-5-10(15)13(11(16)6-8)18-12(19)7-9-3-1-2-4-17-9/h1-6H,7H2,(H,18,19). The number of nitrogens with one attached hydrogen (secondary N) is 1. The molecule has 0 aliphatic carbocycles. The van der Waals surface area contributed by atoms with Crippen molar-refractivity contribution in [2.24, 2.45) is 0 Å². The van der Waals surface area contributed by atoms with E-state index in [1.54, 1.807) is 24.4 Å². The predicted molar refractivity (Wildman–Crippen MR) is 70.6 cm³/mol. The molecular formula is C13H9BrF2N2O. The number of nitrogens with zero attached hydrogens (tertiary/aromatic N) is 1. The number of hydrogen-bond acceptors (Lipinski definition) is 2. The molecule has 2 rings (SSSR count). The van der Waals surface area contributed by atoms with Crippen LogP contribution in [-0.4, -0.2) is 10.9 Å². The Bertz CT molecular complexity index is 582. The third kappa shape index (κ3) is 3.57. The first kappa shape index (κ1) is 13.6. The van der Waals surface area contributed by atoms with Gasteiger partial charge in [0.15, 0.2) is 11.6 Å². The molecule has 1 heterocycles. The maximum absolute atomic E-state index is 13.5. The van der Waals surface area contributed by atoms with Gasteiger partial charge in [0, 0.05) is 16.4 Å². The summed E-state index contributed by atoms with van der Waals surface area (Å²) >= 11 is 2.96. The highest BCUT2D eigenvalue weighted by atomic mass is 79.9. The molecule has 98 valence electrons. The molecular weight excluding hydrogens is 318 g/mol. The van der Waals surface area contributed by atoms with Gasteiger partial charge in [-0.25, -0.2) is 8.78 Å². The summed E-state index contributed by atoms with van der Waals surface area (Å²) < 4.78 is 27.3. The SMILES string of the molecule is O=C(Cc1ccccn1)Nc1c(F)cc(Br)cc1F. The lowest BCUT2D eigenvalue weighted by Gasteiger charge is -2.08. The molecule has 1 aromatic carbocycles. The van der Waals surface area contributed by atoms with Crippen molar-refractivity contribution in [3.63, 3.8) is 0 Å². The molecule has 19 heavy (non-hydrogen) atoms. The van der Waals surface area contributed by atoms with Crippen LogP contribution in [0.15, 0.2) is 41.0 Å². The van der Waals surface area contributed by atoms with Gasteiger partial charge in [0.05, 0.1) is 6.42 Å². The van der Waals surface area contributed by atoms with Gasteiger partial charge in [-0.15, -0.1) is 0 Å². The highest BCUT2D eigenvalue weighted by molar-refractivity contribution is 9.10. The predicted octanol–water partition coefficient (Wildman–Crippen LogP) is 3.30. The van der Waals surface area contributed by atoms with E-state index in [0.717, 1.165) is 12.1 Å². The maximum atomic E-state index is 13.5. The first-order valence-corrected chi connectivity index (χ1v) is 6.20. The first-order chi connectivity index (χ1) is 9.06. The van der Waals surface area contributed by atoms with Crippen molar-refractivity contribution in [2.75, 3.05) is 5.32 Å². The Kier molecular flexibility index (Phi) is 4.21. The molecule has 1 N–H and O–H groups in total. The molecule has 1 aromatic heterocycles. The van der Waals surface area contributed by atoms with Crippen molar-refractivity contribution in [2.45, 2.75) is 6.42 Å². The molecule has 0 radical (unpaired) electrons. The number of halogens is 3. The summed E-state index contributed by atoms with van der Waals surface area (Å²) in [7, 11) is 0. The summed E-state index contributed by atoms with van der Waals surface area (Å²) in [6, 6.07) is 7.28. The van der Waals surface area contributed by atoms with Gasteiger partial charge in [-0.05, 0) is 24.3 Å². The molecule has 2 aromatic rings. The number of carbonyl (C=O) groups excluding carboxylic acids is 1. The van der Waals surface area contributed by atoms with Gasteiger partial charge < -0.3 is 5.32 Å². The van der Waals surface area contributed by atoms with Crippen LogP contribution in [0.5, 0.6) is 0 Å². The number of anilines is 1. The molecule has 0 bridgehead atoms. The first-order valence-electron chi connectivity index (χ1n) is 5.40. The fourth-order valence-electron chi connectivity index (χ4n) is 1.51. The Labute approximate surface area is 116 Å². The van der Waals surface area contributed by atoms with Crippen molar-refractivity contribution < 1.29 is 13.6 Å².